The Bertz CT molecular complexity index is 941. The summed E-state index contributed by atoms with van der Waals surface area (Å²) in [6.07, 6.45) is 4.57. The van der Waals surface area contributed by atoms with E-state index in [4.69, 9.17) is 0 Å². The van der Waals surface area contributed by atoms with Crippen molar-refractivity contribution in [2.45, 2.75) is 18.6 Å². The molecule has 4 rings (SSSR count). The Morgan fingerprint density at radius 2 is 2.12 bits per heavy atom. The fourth-order valence-corrected chi connectivity index (χ4v) is 3.40. The predicted octanol–water partition coefficient (Wildman–Crippen LogP) is 2.72. The summed E-state index contributed by atoms with van der Waals surface area (Å²) in [5, 5.41) is 10.8. The van der Waals surface area contributed by atoms with Crippen LogP contribution in [0.5, 0.6) is 0 Å². The number of hydrogen-bond acceptors (Lipinski definition) is 4. The highest BCUT2D eigenvalue weighted by Crippen LogP contribution is 2.34. The molecule has 1 aliphatic heterocycles. The van der Waals surface area contributed by atoms with Crippen molar-refractivity contribution in [2.24, 2.45) is 0 Å². The van der Waals surface area contributed by atoms with E-state index >= 15 is 0 Å². The lowest BCUT2D eigenvalue weighted by atomic mass is 10.0. The standard InChI is InChI=1S/C19H16FN3O2/c20-13-3-1-2-12(8-13)18-9-14(24)11-23(18)19(25)15-4-7-22-17-5-6-21-10-16(15)17/h1-8,10,14,18,24H,9,11H2/t14-,18-/m1/s1. The minimum absolute atomic E-state index is 0.212. The number of rotatable bonds is 2. The number of aliphatic hydroxyl groups excluding tert-OH is 1. The van der Waals surface area contributed by atoms with Crippen LogP contribution >= 0.6 is 0 Å². The van der Waals surface area contributed by atoms with Crippen LogP contribution in [0.4, 0.5) is 4.39 Å². The third-order valence-electron chi connectivity index (χ3n) is 4.55. The van der Waals surface area contributed by atoms with Crippen LogP contribution in [-0.4, -0.2) is 38.5 Å². The lowest BCUT2D eigenvalue weighted by molar-refractivity contribution is 0.0717. The van der Waals surface area contributed by atoms with Gasteiger partial charge in [0.1, 0.15) is 5.82 Å². The molecule has 0 aliphatic carbocycles. The molecule has 6 heteroatoms. The van der Waals surface area contributed by atoms with E-state index in [9.17, 15) is 14.3 Å². The molecule has 2 atom stereocenters. The SMILES string of the molecule is O=C(c1ccnc2ccncc12)N1C[C@H](O)C[C@@H]1c1cccc(F)c1. The number of pyridine rings is 2. The summed E-state index contributed by atoms with van der Waals surface area (Å²) in [6.45, 7) is 0.212. The largest absolute Gasteiger partial charge is 0.391 e. The molecule has 5 nitrogen and oxygen atoms in total. The number of carbonyl (C=O) groups excluding carboxylic acids is 1. The zero-order valence-electron chi connectivity index (χ0n) is 13.3. The molecule has 1 fully saturated rings. The van der Waals surface area contributed by atoms with Crippen molar-refractivity contribution in [1.82, 2.24) is 14.9 Å². The molecule has 1 N–H and O–H groups in total. The minimum atomic E-state index is -0.636. The predicted molar refractivity (Wildman–Crippen MR) is 90.3 cm³/mol. The summed E-state index contributed by atoms with van der Waals surface area (Å²) in [7, 11) is 0. The molecule has 0 radical (unpaired) electrons. The Labute approximate surface area is 143 Å². The maximum absolute atomic E-state index is 13.6. The molecule has 1 aromatic carbocycles. The van der Waals surface area contributed by atoms with Crippen LogP contribution in [-0.2, 0) is 0 Å². The van der Waals surface area contributed by atoms with Gasteiger partial charge in [-0.1, -0.05) is 12.1 Å². The van der Waals surface area contributed by atoms with Crippen LogP contribution < -0.4 is 0 Å². The van der Waals surface area contributed by atoms with Crippen LogP contribution in [0.2, 0.25) is 0 Å². The Balaban J connectivity index is 1.75. The monoisotopic (exact) mass is 337 g/mol. The molecule has 0 bridgehead atoms. The fraction of sp³-hybridized carbons (Fsp3) is 0.211. The molecule has 3 aromatic rings. The van der Waals surface area contributed by atoms with E-state index in [1.807, 2.05) is 0 Å². The summed E-state index contributed by atoms with van der Waals surface area (Å²) in [6, 6.07) is 9.20. The van der Waals surface area contributed by atoms with Crippen LogP contribution in [0.15, 0.2) is 55.0 Å². The van der Waals surface area contributed by atoms with Crippen molar-refractivity contribution in [1.29, 1.82) is 0 Å². The average molecular weight is 337 g/mol. The first-order chi connectivity index (χ1) is 12.1. The number of likely N-dealkylation sites (tertiary alicyclic amines) is 1. The molecule has 0 spiro atoms. The third-order valence-corrected chi connectivity index (χ3v) is 4.55. The van der Waals surface area contributed by atoms with Crippen LogP contribution in [0.1, 0.15) is 28.4 Å². The van der Waals surface area contributed by atoms with Gasteiger partial charge in [-0.15, -0.1) is 0 Å². The Morgan fingerprint density at radius 1 is 1.24 bits per heavy atom. The van der Waals surface area contributed by atoms with Crippen LogP contribution in [0, 0.1) is 5.82 Å². The van der Waals surface area contributed by atoms with Crippen LogP contribution in [0.25, 0.3) is 10.9 Å². The number of aromatic nitrogens is 2. The smallest absolute Gasteiger partial charge is 0.255 e. The molecule has 2 aromatic heterocycles. The molecule has 0 unspecified atom stereocenters. The first-order valence-corrected chi connectivity index (χ1v) is 8.07. The van der Waals surface area contributed by atoms with Crippen molar-refractivity contribution in [3.05, 3.63) is 71.9 Å². The van der Waals surface area contributed by atoms with Crippen molar-refractivity contribution < 1.29 is 14.3 Å². The fourth-order valence-electron chi connectivity index (χ4n) is 3.40. The van der Waals surface area contributed by atoms with Gasteiger partial charge in [0.2, 0.25) is 0 Å². The Kier molecular flexibility index (Phi) is 3.89. The van der Waals surface area contributed by atoms with E-state index in [0.29, 0.717) is 28.5 Å². The highest BCUT2D eigenvalue weighted by atomic mass is 19.1. The summed E-state index contributed by atoms with van der Waals surface area (Å²) in [5.41, 5.74) is 1.85. The highest BCUT2D eigenvalue weighted by Gasteiger charge is 2.36. The van der Waals surface area contributed by atoms with E-state index in [1.165, 1.54) is 12.1 Å². The van der Waals surface area contributed by atoms with Crippen molar-refractivity contribution in [3.8, 4) is 0 Å². The number of β-amino-alcohol motifs (C(OH)–C–C–N with tert-alkyl or cyclic N) is 1. The molecule has 1 saturated heterocycles. The van der Waals surface area contributed by atoms with Crippen molar-refractivity contribution in [2.75, 3.05) is 6.54 Å². The minimum Gasteiger partial charge on any atom is -0.391 e. The molecule has 3 heterocycles. The number of carbonyl (C=O) groups is 1. The van der Waals surface area contributed by atoms with Gasteiger partial charge in [-0.05, 0) is 36.2 Å². The molecular formula is C19H16FN3O2. The zero-order valence-corrected chi connectivity index (χ0v) is 13.3. The second-order valence-electron chi connectivity index (χ2n) is 6.17. The zero-order chi connectivity index (χ0) is 17.4. The second kappa shape index (κ2) is 6.22. The second-order valence-corrected chi connectivity index (χ2v) is 6.17. The lowest BCUT2D eigenvalue weighted by Crippen LogP contribution is -2.32. The first-order valence-electron chi connectivity index (χ1n) is 8.07. The van der Waals surface area contributed by atoms with Crippen LogP contribution in [0.3, 0.4) is 0 Å². The summed E-state index contributed by atoms with van der Waals surface area (Å²) >= 11 is 0. The quantitative estimate of drug-likeness (QED) is 0.781. The van der Waals surface area contributed by atoms with Crippen molar-refractivity contribution in [3.63, 3.8) is 0 Å². The lowest BCUT2D eigenvalue weighted by Gasteiger charge is -2.25. The summed E-state index contributed by atoms with van der Waals surface area (Å²) in [4.78, 5) is 23.1. The van der Waals surface area contributed by atoms with Crippen molar-refractivity contribution >= 4 is 16.8 Å². The van der Waals surface area contributed by atoms with E-state index in [2.05, 4.69) is 9.97 Å². The van der Waals surface area contributed by atoms with Gasteiger partial charge in [0.15, 0.2) is 0 Å². The summed E-state index contributed by atoms with van der Waals surface area (Å²) < 4.78 is 13.6. The van der Waals surface area contributed by atoms with Gasteiger partial charge >= 0.3 is 0 Å². The maximum Gasteiger partial charge on any atom is 0.255 e. The highest BCUT2D eigenvalue weighted by molar-refractivity contribution is 6.06. The Hall–Kier alpha value is -2.86. The van der Waals surface area contributed by atoms with Gasteiger partial charge in [0.25, 0.3) is 5.91 Å². The number of aliphatic hydroxyl groups is 1. The topological polar surface area (TPSA) is 66.3 Å². The number of hydrogen-bond donors (Lipinski definition) is 1. The first kappa shape index (κ1) is 15.7. The van der Waals surface area contributed by atoms with Gasteiger partial charge in [-0.2, -0.15) is 0 Å². The Morgan fingerprint density at radius 3 is 2.96 bits per heavy atom. The van der Waals surface area contributed by atoms with Gasteiger partial charge in [-0.25, -0.2) is 4.39 Å². The number of nitrogens with zero attached hydrogens (tertiary/aromatic N) is 3. The van der Waals surface area contributed by atoms with Gasteiger partial charge in [-0.3, -0.25) is 14.8 Å². The van der Waals surface area contributed by atoms with Gasteiger partial charge in [0.05, 0.1) is 23.2 Å². The number of amides is 1. The van der Waals surface area contributed by atoms with E-state index < -0.39 is 6.10 Å². The average Bonchev–Trinajstić information content (AvgIpc) is 3.02. The number of benzene rings is 1. The number of halogens is 1. The molecular weight excluding hydrogens is 321 g/mol. The molecule has 25 heavy (non-hydrogen) atoms. The van der Waals surface area contributed by atoms with Gasteiger partial charge in [0, 0.05) is 30.5 Å². The normalized spacial score (nSPS) is 20.2. The number of fused-ring (bicyclic) bond motifs is 1. The molecule has 1 aliphatic rings. The van der Waals surface area contributed by atoms with E-state index in [1.54, 1.807) is 47.8 Å². The van der Waals surface area contributed by atoms with Gasteiger partial charge < -0.3 is 10.0 Å². The molecule has 126 valence electrons. The maximum atomic E-state index is 13.6. The van der Waals surface area contributed by atoms with E-state index in [0.717, 1.165) is 0 Å². The third kappa shape index (κ3) is 2.85. The summed E-state index contributed by atoms with van der Waals surface area (Å²) in [5.74, 6) is -0.573. The molecule has 0 saturated carbocycles. The van der Waals surface area contributed by atoms with E-state index in [-0.39, 0.29) is 24.3 Å². The molecule has 1 amide bonds.